The SMILES string of the molecule is CCCCCCCCCCCCCCCCCCCCCCCC(=O)OC(COC(=O)CCCCCCCCCCCCCCCC)COP(=O)(O)OCC. The van der Waals surface area contributed by atoms with E-state index in [2.05, 4.69) is 13.8 Å². The van der Waals surface area contributed by atoms with Crippen molar-refractivity contribution in [2.45, 2.75) is 264 Å². The average molecular weight is 803 g/mol. The molecule has 0 heterocycles. The summed E-state index contributed by atoms with van der Waals surface area (Å²) in [6, 6.07) is 0. The summed E-state index contributed by atoms with van der Waals surface area (Å²) in [6.07, 6.45) is 44.5. The highest BCUT2D eigenvalue weighted by atomic mass is 31.2. The monoisotopic (exact) mass is 803 g/mol. The third-order valence-corrected chi connectivity index (χ3v) is 11.7. The predicted octanol–water partition coefficient (Wildman–Crippen LogP) is 15.1. The number of unbranched alkanes of at least 4 members (excludes halogenated alkanes) is 33. The molecule has 0 aromatic carbocycles. The molecule has 1 N–H and O–H groups in total. The van der Waals surface area contributed by atoms with E-state index in [-0.39, 0.29) is 32.2 Å². The molecule has 0 fully saturated rings. The van der Waals surface area contributed by atoms with Crippen molar-refractivity contribution in [2.24, 2.45) is 0 Å². The van der Waals surface area contributed by atoms with Crippen LogP contribution < -0.4 is 0 Å². The molecule has 8 nitrogen and oxygen atoms in total. The van der Waals surface area contributed by atoms with E-state index >= 15 is 0 Å². The molecule has 0 aliphatic heterocycles. The van der Waals surface area contributed by atoms with Crippen molar-refractivity contribution in [1.82, 2.24) is 0 Å². The Kier molecular flexibility index (Phi) is 41.9. The second-order valence-electron chi connectivity index (χ2n) is 16.1. The maximum absolute atomic E-state index is 12.6. The van der Waals surface area contributed by atoms with Crippen molar-refractivity contribution in [3.8, 4) is 0 Å². The van der Waals surface area contributed by atoms with Crippen LogP contribution >= 0.6 is 7.82 Å². The highest BCUT2D eigenvalue weighted by Crippen LogP contribution is 2.43. The molecule has 0 radical (unpaired) electrons. The first-order valence-electron chi connectivity index (χ1n) is 23.8. The van der Waals surface area contributed by atoms with Gasteiger partial charge in [-0.1, -0.05) is 226 Å². The second-order valence-corrected chi connectivity index (χ2v) is 17.6. The highest BCUT2D eigenvalue weighted by Gasteiger charge is 2.25. The lowest BCUT2D eigenvalue weighted by Crippen LogP contribution is -2.29. The first-order valence-corrected chi connectivity index (χ1v) is 25.3. The fourth-order valence-corrected chi connectivity index (χ4v) is 7.92. The van der Waals surface area contributed by atoms with Crippen molar-refractivity contribution in [3.05, 3.63) is 0 Å². The molecule has 0 aliphatic carbocycles. The van der Waals surface area contributed by atoms with Crippen LogP contribution in [0, 0.1) is 0 Å². The molecule has 0 aliphatic rings. The van der Waals surface area contributed by atoms with Crippen molar-refractivity contribution < 1.29 is 37.6 Å². The normalized spacial score (nSPS) is 13.2. The summed E-state index contributed by atoms with van der Waals surface area (Å²) in [7, 11) is -4.27. The van der Waals surface area contributed by atoms with Crippen LogP contribution in [-0.4, -0.2) is 42.8 Å². The van der Waals surface area contributed by atoms with Gasteiger partial charge in [0.1, 0.15) is 6.61 Å². The van der Waals surface area contributed by atoms with Gasteiger partial charge in [0.15, 0.2) is 6.10 Å². The topological polar surface area (TPSA) is 108 Å². The Balaban J connectivity index is 3.94. The van der Waals surface area contributed by atoms with Gasteiger partial charge in [-0.15, -0.1) is 0 Å². The molecule has 2 atom stereocenters. The van der Waals surface area contributed by atoms with E-state index in [0.29, 0.717) is 6.42 Å². The van der Waals surface area contributed by atoms with Crippen LogP contribution in [0.4, 0.5) is 0 Å². The van der Waals surface area contributed by atoms with Gasteiger partial charge in [0.25, 0.3) is 0 Å². The van der Waals surface area contributed by atoms with Gasteiger partial charge in [-0.2, -0.15) is 0 Å². The maximum Gasteiger partial charge on any atom is 0.472 e. The second kappa shape index (κ2) is 42.7. The van der Waals surface area contributed by atoms with Crippen LogP contribution in [0.5, 0.6) is 0 Å². The standard InChI is InChI=1S/C46H91O8P/c1-4-7-9-11-13-15-17-19-21-22-23-24-25-26-27-29-31-33-35-37-39-41-46(48)54-44(43-53-55(49,50)52-6-3)42-51-45(47)40-38-36-34-32-30-28-20-18-16-14-12-10-8-5-2/h44H,4-43H2,1-3H3,(H,49,50). The lowest BCUT2D eigenvalue weighted by Gasteiger charge is -2.19. The lowest BCUT2D eigenvalue weighted by molar-refractivity contribution is -0.161. The molecule has 0 spiro atoms. The molecule has 328 valence electrons. The Hall–Kier alpha value is -0.950. The van der Waals surface area contributed by atoms with Crippen LogP contribution in [0.25, 0.3) is 0 Å². The number of rotatable bonds is 45. The van der Waals surface area contributed by atoms with E-state index < -0.39 is 19.9 Å². The first-order chi connectivity index (χ1) is 26.8. The Labute approximate surface area is 340 Å². The summed E-state index contributed by atoms with van der Waals surface area (Å²) in [6.45, 7) is 5.53. The number of hydrogen-bond acceptors (Lipinski definition) is 7. The Bertz CT molecular complexity index is 869. The maximum atomic E-state index is 12.6. The van der Waals surface area contributed by atoms with Crippen LogP contribution in [0.2, 0.25) is 0 Å². The third kappa shape index (κ3) is 42.5. The number of esters is 2. The van der Waals surface area contributed by atoms with Crippen LogP contribution in [0.1, 0.15) is 258 Å². The molecule has 0 aromatic rings. The number of phosphoric ester groups is 1. The smallest absolute Gasteiger partial charge is 0.462 e. The number of carbonyl (C=O) groups is 2. The summed E-state index contributed by atoms with van der Waals surface area (Å²) in [5.41, 5.74) is 0. The summed E-state index contributed by atoms with van der Waals surface area (Å²) in [5, 5.41) is 0. The minimum absolute atomic E-state index is 0.00584. The van der Waals surface area contributed by atoms with Gasteiger partial charge in [0.2, 0.25) is 0 Å². The highest BCUT2D eigenvalue weighted by molar-refractivity contribution is 7.47. The predicted molar refractivity (Wildman–Crippen MR) is 230 cm³/mol. The van der Waals surface area contributed by atoms with Gasteiger partial charge in [-0.25, -0.2) is 4.57 Å². The van der Waals surface area contributed by atoms with Crippen molar-refractivity contribution in [2.75, 3.05) is 19.8 Å². The van der Waals surface area contributed by atoms with Crippen molar-refractivity contribution in [1.29, 1.82) is 0 Å². The van der Waals surface area contributed by atoms with E-state index in [1.54, 1.807) is 6.92 Å². The molecule has 0 saturated carbocycles. The van der Waals surface area contributed by atoms with E-state index in [0.717, 1.165) is 38.5 Å². The van der Waals surface area contributed by atoms with Crippen LogP contribution in [0.3, 0.4) is 0 Å². The number of hydrogen-bond donors (Lipinski definition) is 1. The third-order valence-electron chi connectivity index (χ3n) is 10.7. The molecular formula is C46H91O8P. The average Bonchev–Trinajstić information content (AvgIpc) is 3.16. The number of carbonyl (C=O) groups excluding carboxylic acids is 2. The van der Waals surface area contributed by atoms with Gasteiger partial charge < -0.3 is 14.4 Å². The zero-order valence-corrected chi connectivity index (χ0v) is 37.5. The van der Waals surface area contributed by atoms with Gasteiger partial charge in [0.05, 0.1) is 13.2 Å². The first kappa shape index (κ1) is 54.0. The molecule has 9 heteroatoms. The zero-order valence-electron chi connectivity index (χ0n) is 36.6. The van der Waals surface area contributed by atoms with Crippen molar-refractivity contribution in [3.63, 3.8) is 0 Å². The van der Waals surface area contributed by atoms with E-state index in [4.69, 9.17) is 18.5 Å². The molecule has 0 saturated heterocycles. The minimum atomic E-state index is -4.27. The molecular weight excluding hydrogens is 711 g/mol. The molecule has 55 heavy (non-hydrogen) atoms. The van der Waals surface area contributed by atoms with Crippen LogP contribution in [0.15, 0.2) is 0 Å². The molecule has 2 unspecified atom stereocenters. The summed E-state index contributed by atoms with van der Waals surface area (Å²) < 4.78 is 32.7. The lowest BCUT2D eigenvalue weighted by atomic mass is 10.0. The fraction of sp³-hybridized carbons (Fsp3) is 0.957. The van der Waals surface area contributed by atoms with E-state index in [1.807, 2.05) is 0 Å². The van der Waals surface area contributed by atoms with E-state index in [1.165, 1.54) is 186 Å². The summed E-state index contributed by atoms with van der Waals surface area (Å²) in [4.78, 5) is 34.8. The molecule has 0 rings (SSSR count). The Morgan fingerprint density at radius 2 is 0.709 bits per heavy atom. The van der Waals surface area contributed by atoms with Gasteiger partial charge in [0, 0.05) is 12.8 Å². The quantitative estimate of drug-likeness (QED) is 0.0368. The van der Waals surface area contributed by atoms with Gasteiger partial charge in [-0.3, -0.25) is 18.6 Å². The fourth-order valence-electron chi connectivity index (χ4n) is 7.16. The largest absolute Gasteiger partial charge is 0.472 e. The van der Waals surface area contributed by atoms with Crippen molar-refractivity contribution >= 4 is 19.8 Å². The minimum Gasteiger partial charge on any atom is -0.462 e. The number of phosphoric acid groups is 1. The molecule has 0 aromatic heterocycles. The van der Waals surface area contributed by atoms with Gasteiger partial charge in [-0.05, 0) is 19.8 Å². The van der Waals surface area contributed by atoms with Crippen LogP contribution in [-0.2, 0) is 32.7 Å². The summed E-state index contributed by atoms with van der Waals surface area (Å²) in [5.74, 6) is -0.778. The summed E-state index contributed by atoms with van der Waals surface area (Å²) >= 11 is 0. The Morgan fingerprint density at radius 3 is 1.02 bits per heavy atom. The Morgan fingerprint density at radius 1 is 0.418 bits per heavy atom. The van der Waals surface area contributed by atoms with Gasteiger partial charge >= 0.3 is 19.8 Å². The molecule has 0 amide bonds. The number of ether oxygens (including phenoxy) is 2. The van der Waals surface area contributed by atoms with E-state index in [9.17, 15) is 19.0 Å². The zero-order chi connectivity index (χ0) is 40.3. The molecule has 0 bridgehead atoms.